The molecule has 0 radical (unpaired) electrons. The molecular weight excluding hydrogens is 382 g/mol. The number of ether oxygens (including phenoxy) is 1. The fourth-order valence-corrected chi connectivity index (χ4v) is 3.49. The first-order valence-corrected chi connectivity index (χ1v) is 10.7. The Bertz CT molecular complexity index is 858. The Hall–Kier alpha value is -2.83. The molecule has 0 aromatic heterocycles. The van der Waals surface area contributed by atoms with Crippen LogP contribution >= 0.6 is 0 Å². The molecule has 1 unspecified atom stereocenters. The van der Waals surface area contributed by atoms with E-state index < -0.39 is 12.0 Å². The van der Waals surface area contributed by atoms with E-state index in [-0.39, 0.29) is 23.8 Å². The highest BCUT2D eigenvalue weighted by Crippen LogP contribution is 2.34. The molecule has 2 N–H and O–H groups in total. The molecule has 7 heteroatoms. The molecule has 0 saturated heterocycles. The van der Waals surface area contributed by atoms with Crippen molar-refractivity contribution >= 4 is 23.6 Å². The predicted octanol–water partition coefficient (Wildman–Crippen LogP) is 3.98. The number of hydrogen-bond acceptors (Lipinski definition) is 4. The third-order valence-corrected chi connectivity index (χ3v) is 5.25. The summed E-state index contributed by atoms with van der Waals surface area (Å²) in [5, 5.41) is 5.87. The summed E-state index contributed by atoms with van der Waals surface area (Å²) in [6, 6.07) is 6.40. The molecule has 0 spiro atoms. The van der Waals surface area contributed by atoms with Gasteiger partial charge < -0.3 is 15.4 Å². The molecule has 1 aromatic carbocycles. The summed E-state index contributed by atoms with van der Waals surface area (Å²) in [4.78, 5) is 39.4. The van der Waals surface area contributed by atoms with Gasteiger partial charge in [0.2, 0.25) is 5.91 Å². The number of hydrogen-bond donors (Lipinski definition) is 2. The monoisotopic (exact) mass is 413 g/mol. The number of carbonyl (C=O) groups is 3. The maximum absolute atomic E-state index is 13.0. The molecule has 0 bridgehead atoms. The van der Waals surface area contributed by atoms with Gasteiger partial charge in [-0.15, -0.1) is 0 Å². The third-order valence-electron chi connectivity index (χ3n) is 5.25. The van der Waals surface area contributed by atoms with Crippen LogP contribution < -0.4 is 10.6 Å². The first kappa shape index (κ1) is 21.9. The minimum atomic E-state index is -0.636. The summed E-state index contributed by atoms with van der Waals surface area (Å²) < 4.78 is 5.52. The molecule has 1 fully saturated rings. The first-order chi connectivity index (χ1) is 14.3. The van der Waals surface area contributed by atoms with Crippen LogP contribution in [0.15, 0.2) is 35.5 Å². The average molecular weight is 414 g/mol. The standard InChI is InChI=1S/C23H31N3O4/c1-5-11-26-15(4)19(22(28)30-13-14(2)3)20(25-23(26)29)17-7-6-8-18(12-17)24-21(27)16-9-10-16/h6-8,12,14,16,20H,5,9-11,13H2,1-4H3,(H,24,27)(H,25,29). The lowest BCUT2D eigenvalue weighted by atomic mass is 9.94. The van der Waals surface area contributed by atoms with Crippen LogP contribution in [0.2, 0.25) is 0 Å². The zero-order valence-electron chi connectivity index (χ0n) is 18.2. The number of amides is 3. The van der Waals surface area contributed by atoms with Gasteiger partial charge in [-0.05, 0) is 49.8 Å². The number of nitrogens with zero attached hydrogens (tertiary/aromatic N) is 1. The van der Waals surface area contributed by atoms with Gasteiger partial charge in [0.1, 0.15) is 0 Å². The van der Waals surface area contributed by atoms with E-state index in [1.165, 1.54) is 0 Å². The Balaban J connectivity index is 1.93. The highest BCUT2D eigenvalue weighted by molar-refractivity contribution is 5.96. The SMILES string of the molecule is CCCN1C(=O)NC(c2cccc(NC(=O)C3CC3)c2)C(C(=O)OCC(C)C)=C1C. The van der Waals surface area contributed by atoms with E-state index in [9.17, 15) is 14.4 Å². The smallest absolute Gasteiger partial charge is 0.338 e. The quantitative estimate of drug-likeness (QED) is 0.631. The minimum Gasteiger partial charge on any atom is -0.462 e. The van der Waals surface area contributed by atoms with Crippen molar-refractivity contribution in [3.05, 3.63) is 41.1 Å². The highest BCUT2D eigenvalue weighted by Gasteiger charge is 2.36. The van der Waals surface area contributed by atoms with E-state index in [2.05, 4.69) is 10.6 Å². The van der Waals surface area contributed by atoms with E-state index >= 15 is 0 Å². The molecular formula is C23H31N3O4. The summed E-state index contributed by atoms with van der Waals surface area (Å²) in [6.07, 6.45) is 2.61. The Labute approximate surface area is 177 Å². The second-order valence-corrected chi connectivity index (χ2v) is 8.41. The predicted molar refractivity (Wildman–Crippen MR) is 115 cm³/mol. The number of urea groups is 1. The minimum absolute atomic E-state index is 0.0113. The number of carbonyl (C=O) groups excluding carboxylic acids is 3. The van der Waals surface area contributed by atoms with Gasteiger partial charge in [0, 0.05) is 23.8 Å². The zero-order valence-corrected chi connectivity index (χ0v) is 18.2. The number of allylic oxidation sites excluding steroid dienone is 1. The van der Waals surface area contributed by atoms with Crippen LogP contribution in [0.4, 0.5) is 10.5 Å². The molecule has 162 valence electrons. The van der Waals surface area contributed by atoms with Crippen LogP contribution in [0, 0.1) is 11.8 Å². The maximum atomic E-state index is 13.0. The zero-order chi connectivity index (χ0) is 21.8. The fraction of sp³-hybridized carbons (Fsp3) is 0.522. The fourth-order valence-electron chi connectivity index (χ4n) is 3.49. The third kappa shape index (κ3) is 5.01. The van der Waals surface area contributed by atoms with Crippen molar-refractivity contribution in [3.8, 4) is 0 Å². The summed E-state index contributed by atoms with van der Waals surface area (Å²) >= 11 is 0. The van der Waals surface area contributed by atoms with E-state index in [1.54, 1.807) is 11.8 Å². The molecule has 1 atom stereocenters. The lowest BCUT2D eigenvalue weighted by molar-refractivity contribution is -0.140. The Morgan fingerprint density at radius 1 is 1.30 bits per heavy atom. The van der Waals surface area contributed by atoms with Gasteiger partial charge in [0.05, 0.1) is 18.2 Å². The van der Waals surface area contributed by atoms with Gasteiger partial charge >= 0.3 is 12.0 Å². The van der Waals surface area contributed by atoms with E-state index in [4.69, 9.17) is 4.74 Å². The Morgan fingerprint density at radius 2 is 2.03 bits per heavy atom. The molecule has 1 aliphatic heterocycles. The Kier molecular flexibility index (Phi) is 6.80. The topological polar surface area (TPSA) is 87.7 Å². The molecule has 3 rings (SSSR count). The molecule has 7 nitrogen and oxygen atoms in total. The van der Waals surface area contributed by atoms with Crippen molar-refractivity contribution in [3.63, 3.8) is 0 Å². The normalized spacial score (nSPS) is 19.0. The van der Waals surface area contributed by atoms with Crippen molar-refractivity contribution in [2.75, 3.05) is 18.5 Å². The van der Waals surface area contributed by atoms with Gasteiger partial charge in [-0.3, -0.25) is 9.69 Å². The summed E-state index contributed by atoms with van der Waals surface area (Å²) in [5.74, 6) is -0.120. The van der Waals surface area contributed by atoms with Gasteiger partial charge in [0.15, 0.2) is 0 Å². The van der Waals surface area contributed by atoms with Gasteiger partial charge in [0.25, 0.3) is 0 Å². The molecule has 1 aliphatic carbocycles. The van der Waals surface area contributed by atoms with Crippen LogP contribution in [0.3, 0.4) is 0 Å². The molecule has 1 heterocycles. The molecule has 1 aromatic rings. The van der Waals surface area contributed by atoms with Crippen molar-refractivity contribution < 1.29 is 19.1 Å². The van der Waals surface area contributed by atoms with Crippen LogP contribution in [-0.4, -0.2) is 36.0 Å². The van der Waals surface area contributed by atoms with Crippen LogP contribution in [0.5, 0.6) is 0 Å². The van der Waals surface area contributed by atoms with Gasteiger partial charge in [-0.25, -0.2) is 9.59 Å². The van der Waals surface area contributed by atoms with Crippen LogP contribution in [-0.2, 0) is 14.3 Å². The number of anilines is 1. The lowest BCUT2D eigenvalue weighted by Gasteiger charge is -2.35. The van der Waals surface area contributed by atoms with Gasteiger partial charge in [-0.2, -0.15) is 0 Å². The van der Waals surface area contributed by atoms with Crippen LogP contribution in [0.25, 0.3) is 0 Å². The molecule has 2 aliphatic rings. The number of esters is 1. The summed E-state index contributed by atoms with van der Waals surface area (Å²) in [5.41, 5.74) is 2.41. The molecule has 30 heavy (non-hydrogen) atoms. The lowest BCUT2D eigenvalue weighted by Crippen LogP contribution is -2.48. The number of benzene rings is 1. The van der Waals surface area contributed by atoms with Gasteiger partial charge in [-0.1, -0.05) is 32.9 Å². The second kappa shape index (κ2) is 9.32. The summed E-state index contributed by atoms with van der Waals surface area (Å²) in [7, 11) is 0. The summed E-state index contributed by atoms with van der Waals surface area (Å²) in [6.45, 7) is 8.54. The van der Waals surface area contributed by atoms with E-state index in [1.807, 2.05) is 45.0 Å². The second-order valence-electron chi connectivity index (χ2n) is 8.41. The average Bonchev–Trinajstić information content (AvgIpc) is 3.54. The first-order valence-electron chi connectivity index (χ1n) is 10.7. The molecule has 3 amide bonds. The van der Waals surface area contributed by atoms with E-state index in [0.717, 1.165) is 24.8 Å². The number of rotatable bonds is 8. The molecule has 1 saturated carbocycles. The van der Waals surface area contributed by atoms with E-state index in [0.29, 0.717) is 30.1 Å². The van der Waals surface area contributed by atoms with Crippen LogP contribution in [0.1, 0.15) is 58.6 Å². The Morgan fingerprint density at radius 3 is 2.67 bits per heavy atom. The van der Waals surface area contributed by atoms with Crippen molar-refractivity contribution in [2.45, 2.75) is 53.0 Å². The number of nitrogens with one attached hydrogen (secondary N) is 2. The largest absolute Gasteiger partial charge is 0.462 e. The maximum Gasteiger partial charge on any atom is 0.338 e. The van der Waals surface area contributed by atoms with Crippen molar-refractivity contribution in [1.29, 1.82) is 0 Å². The van der Waals surface area contributed by atoms with Crippen molar-refractivity contribution in [2.24, 2.45) is 11.8 Å². The van der Waals surface area contributed by atoms with Crippen molar-refractivity contribution in [1.82, 2.24) is 10.2 Å². The highest BCUT2D eigenvalue weighted by atomic mass is 16.5.